The number of hydrogen-bond donors (Lipinski definition) is 2. The molecule has 0 aliphatic rings. The second-order valence-electron chi connectivity index (χ2n) is 4.51. The van der Waals surface area contributed by atoms with Gasteiger partial charge in [0, 0.05) is 33.5 Å². The first-order chi connectivity index (χ1) is 10.0. The van der Waals surface area contributed by atoms with Crippen LogP contribution in [0.4, 0.5) is 5.82 Å². The summed E-state index contributed by atoms with van der Waals surface area (Å²) < 4.78 is 33.1. The summed E-state index contributed by atoms with van der Waals surface area (Å²) >= 11 is 0. The third kappa shape index (κ3) is 3.00. The number of fused-ring (bicyclic) bond motifs is 1. The van der Waals surface area contributed by atoms with Crippen LogP contribution >= 0.6 is 0 Å². The number of imidazole rings is 1. The second-order valence-corrected chi connectivity index (χ2v) is 6.47. The minimum absolute atomic E-state index is 0.0283. The third-order valence-corrected chi connectivity index (χ3v) is 4.98. The molecular formula is C12H19N5O3S. The highest BCUT2D eigenvalue weighted by atomic mass is 32.2. The van der Waals surface area contributed by atoms with Gasteiger partial charge in [-0.15, -0.1) is 0 Å². The molecule has 0 aromatic carbocycles. The van der Waals surface area contributed by atoms with E-state index >= 15 is 0 Å². The molecule has 2 aromatic rings. The Morgan fingerprint density at radius 3 is 2.90 bits per heavy atom. The zero-order valence-electron chi connectivity index (χ0n) is 12.0. The Morgan fingerprint density at radius 2 is 2.24 bits per heavy atom. The number of ether oxygens (including phenoxy) is 1. The summed E-state index contributed by atoms with van der Waals surface area (Å²) in [5, 5.41) is 0.0283. The number of pyridine rings is 1. The maximum atomic E-state index is 12.7. The summed E-state index contributed by atoms with van der Waals surface area (Å²) in [6.45, 7) is 0.843. The lowest BCUT2D eigenvalue weighted by Gasteiger charge is -2.17. The van der Waals surface area contributed by atoms with E-state index in [9.17, 15) is 8.42 Å². The third-order valence-electron chi connectivity index (χ3n) is 3.10. The van der Waals surface area contributed by atoms with Gasteiger partial charge in [-0.3, -0.25) is 4.40 Å². The summed E-state index contributed by atoms with van der Waals surface area (Å²) in [4.78, 5) is 4.17. The lowest BCUT2D eigenvalue weighted by Crippen LogP contribution is -2.30. The molecule has 0 saturated carbocycles. The van der Waals surface area contributed by atoms with Gasteiger partial charge in [-0.05, 0) is 18.6 Å². The molecule has 116 valence electrons. The first-order valence-electron chi connectivity index (χ1n) is 6.41. The highest BCUT2D eigenvalue weighted by Gasteiger charge is 2.28. The fraction of sp³-hybridized carbons (Fsp3) is 0.417. The van der Waals surface area contributed by atoms with Crippen molar-refractivity contribution in [1.82, 2.24) is 13.7 Å². The summed E-state index contributed by atoms with van der Waals surface area (Å²) in [6.07, 6.45) is 2.24. The topological polar surface area (TPSA) is 102 Å². The van der Waals surface area contributed by atoms with Crippen LogP contribution in [0.2, 0.25) is 0 Å². The highest BCUT2D eigenvalue weighted by molar-refractivity contribution is 7.89. The van der Waals surface area contributed by atoms with Crippen molar-refractivity contribution in [2.75, 3.05) is 32.7 Å². The number of hydrogen-bond acceptors (Lipinski definition) is 6. The van der Waals surface area contributed by atoms with Gasteiger partial charge in [-0.25, -0.2) is 19.2 Å². The Morgan fingerprint density at radius 1 is 1.48 bits per heavy atom. The molecule has 0 saturated heterocycles. The molecule has 8 nitrogen and oxygen atoms in total. The number of nitrogens with zero attached hydrogens (tertiary/aromatic N) is 3. The van der Waals surface area contributed by atoms with Crippen molar-refractivity contribution in [2.24, 2.45) is 5.84 Å². The molecule has 0 bridgehead atoms. The van der Waals surface area contributed by atoms with Crippen LogP contribution < -0.4 is 11.3 Å². The molecule has 0 aliphatic heterocycles. The SMILES string of the molecule is COCCCN(C)S(=O)(=O)c1c(NN)nc2ccccn12. The van der Waals surface area contributed by atoms with Crippen LogP contribution in [-0.4, -0.2) is 49.4 Å². The van der Waals surface area contributed by atoms with E-state index < -0.39 is 10.0 Å². The van der Waals surface area contributed by atoms with E-state index in [1.54, 1.807) is 31.5 Å². The van der Waals surface area contributed by atoms with Crippen molar-refractivity contribution in [1.29, 1.82) is 0 Å². The van der Waals surface area contributed by atoms with Gasteiger partial charge in [0.1, 0.15) is 5.65 Å². The van der Waals surface area contributed by atoms with E-state index in [0.717, 1.165) is 0 Å². The van der Waals surface area contributed by atoms with Crippen LogP contribution in [0.5, 0.6) is 0 Å². The zero-order chi connectivity index (χ0) is 15.5. The molecule has 21 heavy (non-hydrogen) atoms. The molecule has 0 amide bonds. The summed E-state index contributed by atoms with van der Waals surface area (Å²) in [5.74, 6) is 5.53. The van der Waals surface area contributed by atoms with Crippen molar-refractivity contribution in [3.63, 3.8) is 0 Å². The molecule has 0 atom stereocenters. The Bertz CT molecular complexity index is 713. The maximum absolute atomic E-state index is 12.7. The molecule has 9 heteroatoms. The van der Waals surface area contributed by atoms with Crippen molar-refractivity contribution in [2.45, 2.75) is 11.4 Å². The first kappa shape index (κ1) is 15.7. The van der Waals surface area contributed by atoms with E-state index in [0.29, 0.717) is 25.2 Å². The molecule has 0 spiro atoms. The van der Waals surface area contributed by atoms with Gasteiger partial charge in [0.15, 0.2) is 5.82 Å². The van der Waals surface area contributed by atoms with Crippen molar-refractivity contribution < 1.29 is 13.2 Å². The molecule has 2 rings (SSSR count). The average molecular weight is 313 g/mol. The van der Waals surface area contributed by atoms with Gasteiger partial charge in [0.05, 0.1) is 0 Å². The minimum atomic E-state index is -3.71. The molecular weight excluding hydrogens is 294 g/mol. The molecule has 0 fully saturated rings. The largest absolute Gasteiger partial charge is 0.385 e. The lowest BCUT2D eigenvalue weighted by atomic mass is 10.5. The molecule has 0 radical (unpaired) electrons. The van der Waals surface area contributed by atoms with Crippen LogP contribution in [0.3, 0.4) is 0 Å². The fourth-order valence-electron chi connectivity index (χ4n) is 2.01. The molecule has 2 aromatic heterocycles. The number of hydrazine groups is 1. The van der Waals surface area contributed by atoms with E-state index in [1.807, 2.05) is 0 Å². The van der Waals surface area contributed by atoms with Crippen LogP contribution in [0.1, 0.15) is 6.42 Å². The molecule has 3 N–H and O–H groups in total. The summed E-state index contributed by atoms with van der Waals surface area (Å²) in [6, 6.07) is 5.23. The second kappa shape index (κ2) is 6.39. The lowest BCUT2D eigenvalue weighted by molar-refractivity contribution is 0.189. The number of aromatic nitrogens is 2. The minimum Gasteiger partial charge on any atom is -0.385 e. The van der Waals surface area contributed by atoms with Gasteiger partial charge in [0.25, 0.3) is 10.0 Å². The van der Waals surface area contributed by atoms with Gasteiger partial charge < -0.3 is 10.2 Å². The quantitative estimate of drug-likeness (QED) is 0.432. The van der Waals surface area contributed by atoms with Gasteiger partial charge in [-0.2, -0.15) is 4.31 Å². The number of rotatable bonds is 7. The van der Waals surface area contributed by atoms with E-state index in [1.165, 1.54) is 15.8 Å². The number of anilines is 1. The Labute approximate surface area is 123 Å². The van der Waals surface area contributed by atoms with E-state index in [2.05, 4.69) is 10.4 Å². The predicted molar refractivity (Wildman–Crippen MR) is 79.3 cm³/mol. The molecule has 0 unspecified atom stereocenters. The number of sulfonamides is 1. The fourth-order valence-corrected chi connectivity index (χ4v) is 3.43. The molecule has 0 aliphatic carbocycles. The van der Waals surface area contributed by atoms with Crippen LogP contribution in [-0.2, 0) is 14.8 Å². The molecule has 2 heterocycles. The summed E-state index contributed by atoms with van der Waals surface area (Å²) in [7, 11) is -0.609. The van der Waals surface area contributed by atoms with Crippen LogP contribution in [0.15, 0.2) is 29.4 Å². The smallest absolute Gasteiger partial charge is 0.262 e. The average Bonchev–Trinajstić information content (AvgIpc) is 2.86. The zero-order valence-corrected chi connectivity index (χ0v) is 12.8. The van der Waals surface area contributed by atoms with Gasteiger partial charge in [0.2, 0.25) is 5.03 Å². The van der Waals surface area contributed by atoms with Crippen molar-refractivity contribution in [3.05, 3.63) is 24.4 Å². The summed E-state index contributed by atoms with van der Waals surface area (Å²) in [5.41, 5.74) is 2.86. The maximum Gasteiger partial charge on any atom is 0.262 e. The van der Waals surface area contributed by atoms with E-state index in [4.69, 9.17) is 10.6 Å². The van der Waals surface area contributed by atoms with Gasteiger partial charge >= 0.3 is 0 Å². The number of nitrogens with one attached hydrogen (secondary N) is 1. The normalized spacial score (nSPS) is 12.2. The Hall–Kier alpha value is -1.68. The predicted octanol–water partition coefficient (Wildman–Crippen LogP) is 0.277. The standard InChI is InChI=1S/C12H19N5O3S/c1-16(7-5-9-20-2)21(18,19)12-11(15-13)14-10-6-3-4-8-17(10)12/h3-4,6,8,15H,5,7,9,13H2,1-2H3. The number of nitrogens with two attached hydrogens (primary N) is 1. The highest BCUT2D eigenvalue weighted by Crippen LogP contribution is 2.24. The Balaban J connectivity index is 2.43. The van der Waals surface area contributed by atoms with E-state index in [-0.39, 0.29) is 10.8 Å². The van der Waals surface area contributed by atoms with Crippen molar-refractivity contribution >= 4 is 21.5 Å². The number of methoxy groups -OCH3 is 1. The number of nitrogen functional groups attached to an aromatic ring is 1. The van der Waals surface area contributed by atoms with Gasteiger partial charge in [-0.1, -0.05) is 6.07 Å². The Kier molecular flexibility index (Phi) is 4.78. The van der Waals surface area contributed by atoms with Crippen LogP contribution in [0.25, 0.3) is 5.65 Å². The first-order valence-corrected chi connectivity index (χ1v) is 7.85. The monoisotopic (exact) mass is 313 g/mol. The van der Waals surface area contributed by atoms with Crippen molar-refractivity contribution in [3.8, 4) is 0 Å². The van der Waals surface area contributed by atoms with Crippen LogP contribution in [0, 0.1) is 0 Å².